The zero-order chi connectivity index (χ0) is 24.6. The molecule has 0 saturated carbocycles. The number of nitrogen functional groups attached to an aromatic ring is 1. The molecule has 0 radical (unpaired) electrons. The van der Waals surface area contributed by atoms with Crippen LogP contribution < -0.4 is 20.7 Å². The van der Waals surface area contributed by atoms with Crippen molar-refractivity contribution in [2.24, 2.45) is 0 Å². The number of nitrogens with zero attached hydrogens (tertiary/aromatic N) is 6. The number of amides is 2. The van der Waals surface area contributed by atoms with Crippen LogP contribution in [0.3, 0.4) is 0 Å². The molecule has 3 aromatic rings. The van der Waals surface area contributed by atoms with Gasteiger partial charge in [-0.15, -0.1) is 13.2 Å². The molecule has 1 saturated heterocycles. The summed E-state index contributed by atoms with van der Waals surface area (Å²) in [6.45, 7) is 6.82. The monoisotopic (exact) mass is 478 g/mol. The maximum absolute atomic E-state index is 12.9. The third-order valence-corrected chi connectivity index (χ3v) is 5.72. The van der Waals surface area contributed by atoms with E-state index in [9.17, 15) is 18.0 Å². The van der Waals surface area contributed by atoms with Gasteiger partial charge in [0, 0.05) is 36.9 Å². The van der Waals surface area contributed by atoms with Gasteiger partial charge in [0.05, 0.1) is 6.20 Å². The number of aromatic nitrogens is 4. The standard InChI is InChI=1S/C21H25F3N8O2/c1-4-14-11-30(20(33)27-16-6-5-15(9-12(16)2)34-21(22,23)24)7-8-31(14)19-29-18(25)28-17-13(3)10-26-32(17)19/h5-6,9-10,14H,4,7-8,11H2,1-3H3,(H2,25,28)(H,27,33)/t14-/m0/s1. The van der Waals surface area contributed by atoms with Gasteiger partial charge in [0.25, 0.3) is 0 Å². The van der Waals surface area contributed by atoms with Gasteiger partial charge in [0.15, 0.2) is 5.65 Å². The molecule has 10 nitrogen and oxygen atoms in total. The van der Waals surface area contributed by atoms with Crippen molar-refractivity contribution in [2.45, 2.75) is 39.6 Å². The molecule has 34 heavy (non-hydrogen) atoms. The lowest BCUT2D eigenvalue weighted by molar-refractivity contribution is -0.274. The van der Waals surface area contributed by atoms with Crippen molar-refractivity contribution >= 4 is 29.3 Å². The van der Waals surface area contributed by atoms with Crippen molar-refractivity contribution in [1.29, 1.82) is 0 Å². The van der Waals surface area contributed by atoms with Crippen LogP contribution in [0.1, 0.15) is 24.5 Å². The van der Waals surface area contributed by atoms with Crippen LogP contribution in [0.25, 0.3) is 5.65 Å². The topological polar surface area (TPSA) is 114 Å². The minimum absolute atomic E-state index is 0.0508. The molecule has 3 heterocycles. The summed E-state index contributed by atoms with van der Waals surface area (Å²) in [5.74, 6) is 0.375. The molecule has 3 N–H and O–H groups in total. The second-order valence-corrected chi connectivity index (χ2v) is 8.10. The summed E-state index contributed by atoms with van der Waals surface area (Å²) in [6, 6.07) is 3.40. The first-order chi connectivity index (χ1) is 16.1. The van der Waals surface area contributed by atoms with E-state index in [4.69, 9.17) is 5.73 Å². The summed E-state index contributed by atoms with van der Waals surface area (Å²) < 4.78 is 42.9. The highest BCUT2D eigenvalue weighted by Gasteiger charge is 2.33. The Morgan fingerprint density at radius 3 is 2.68 bits per heavy atom. The number of urea groups is 1. The van der Waals surface area contributed by atoms with E-state index in [2.05, 4.69) is 30.0 Å². The third-order valence-electron chi connectivity index (χ3n) is 5.72. The number of benzene rings is 1. The number of piperazine rings is 1. The number of nitrogens with two attached hydrogens (primary N) is 1. The lowest BCUT2D eigenvalue weighted by atomic mass is 10.1. The van der Waals surface area contributed by atoms with Gasteiger partial charge in [-0.2, -0.15) is 19.6 Å². The Morgan fingerprint density at radius 1 is 1.24 bits per heavy atom. The highest BCUT2D eigenvalue weighted by atomic mass is 19.4. The number of nitrogens with one attached hydrogen (secondary N) is 1. The summed E-state index contributed by atoms with van der Waals surface area (Å²) in [7, 11) is 0. The summed E-state index contributed by atoms with van der Waals surface area (Å²) in [5, 5.41) is 7.15. The molecule has 2 aromatic heterocycles. The zero-order valence-electron chi connectivity index (χ0n) is 18.9. The normalized spacial score (nSPS) is 16.7. The zero-order valence-corrected chi connectivity index (χ0v) is 18.9. The molecular formula is C21H25F3N8O2. The first-order valence-corrected chi connectivity index (χ1v) is 10.7. The van der Waals surface area contributed by atoms with E-state index in [-0.39, 0.29) is 23.8 Å². The van der Waals surface area contributed by atoms with Crippen LogP contribution in [-0.2, 0) is 0 Å². The van der Waals surface area contributed by atoms with Gasteiger partial charge >= 0.3 is 12.4 Å². The molecule has 1 fully saturated rings. The largest absolute Gasteiger partial charge is 0.573 e. The quantitative estimate of drug-likeness (QED) is 0.591. The molecule has 1 aliphatic heterocycles. The van der Waals surface area contributed by atoms with Crippen LogP contribution in [0, 0.1) is 13.8 Å². The molecule has 0 unspecified atom stereocenters. The van der Waals surface area contributed by atoms with Gasteiger partial charge in [-0.3, -0.25) is 0 Å². The number of ether oxygens (including phenoxy) is 1. The van der Waals surface area contributed by atoms with E-state index in [1.165, 1.54) is 18.2 Å². The predicted molar refractivity (Wildman–Crippen MR) is 120 cm³/mol. The Balaban J connectivity index is 1.48. The highest BCUT2D eigenvalue weighted by Crippen LogP contribution is 2.28. The van der Waals surface area contributed by atoms with Crippen LogP contribution in [0.15, 0.2) is 24.4 Å². The Bertz CT molecular complexity index is 1210. The van der Waals surface area contributed by atoms with E-state index < -0.39 is 6.36 Å². The van der Waals surface area contributed by atoms with Gasteiger partial charge in [-0.05, 0) is 44.0 Å². The van der Waals surface area contributed by atoms with E-state index in [1.807, 2.05) is 13.8 Å². The second kappa shape index (κ2) is 8.88. The summed E-state index contributed by atoms with van der Waals surface area (Å²) >= 11 is 0. The van der Waals surface area contributed by atoms with E-state index >= 15 is 0 Å². The van der Waals surface area contributed by atoms with Crippen molar-refractivity contribution in [3.8, 4) is 5.75 Å². The number of anilines is 3. The van der Waals surface area contributed by atoms with Crippen molar-refractivity contribution in [3.05, 3.63) is 35.5 Å². The maximum Gasteiger partial charge on any atom is 0.573 e. The SMILES string of the molecule is CC[C@H]1CN(C(=O)Nc2ccc(OC(F)(F)F)cc2C)CCN1c1nc(N)nc2c(C)cnn12. The van der Waals surface area contributed by atoms with Crippen LogP contribution in [0.2, 0.25) is 0 Å². The second-order valence-electron chi connectivity index (χ2n) is 8.10. The lowest BCUT2D eigenvalue weighted by Gasteiger charge is -2.41. The number of carbonyl (C=O) groups is 1. The molecule has 13 heteroatoms. The fourth-order valence-corrected chi connectivity index (χ4v) is 4.00. The van der Waals surface area contributed by atoms with Gasteiger partial charge in [0.1, 0.15) is 5.75 Å². The molecule has 0 aliphatic carbocycles. The molecule has 2 amide bonds. The molecular weight excluding hydrogens is 453 g/mol. The Labute approximate surface area is 193 Å². The first kappa shape index (κ1) is 23.4. The van der Waals surface area contributed by atoms with Crippen LogP contribution in [0.4, 0.5) is 35.5 Å². The molecule has 1 aromatic carbocycles. The fourth-order valence-electron chi connectivity index (χ4n) is 4.00. The van der Waals surface area contributed by atoms with E-state index in [0.29, 0.717) is 42.5 Å². The smallest absolute Gasteiger partial charge is 0.406 e. The number of halogens is 3. The Hall–Kier alpha value is -3.77. The number of hydrogen-bond acceptors (Lipinski definition) is 7. The van der Waals surface area contributed by atoms with Gasteiger partial charge in [-0.1, -0.05) is 6.92 Å². The predicted octanol–water partition coefficient (Wildman–Crippen LogP) is 3.35. The fraction of sp³-hybridized carbons (Fsp3) is 0.429. The van der Waals surface area contributed by atoms with E-state index in [1.54, 1.807) is 22.5 Å². The Morgan fingerprint density at radius 2 is 2.00 bits per heavy atom. The molecule has 1 aliphatic rings. The number of aryl methyl sites for hydroxylation is 2. The van der Waals surface area contributed by atoms with Crippen molar-refractivity contribution < 1.29 is 22.7 Å². The number of fused-ring (bicyclic) bond motifs is 1. The molecule has 182 valence electrons. The van der Waals surface area contributed by atoms with Crippen molar-refractivity contribution in [2.75, 3.05) is 35.6 Å². The minimum atomic E-state index is -4.78. The Kier molecular flexibility index (Phi) is 6.11. The third kappa shape index (κ3) is 4.77. The minimum Gasteiger partial charge on any atom is -0.406 e. The lowest BCUT2D eigenvalue weighted by Crippen LogP contribution is -2.56. The molecule has 0 bridgehead atoms. The molecule has 0 spiro atoms. The van der Waals surface area contributed by atoms with Gasteiger partial charge in [0.2, 0.25) is 11.9 Å². The van der Waals surface area contributed by atoms with Crippen LogP contribution in [-0.4, -0.2) is 62.6 Å². The summed E-state index contributed by atoms with van der Waals surface area (Å²) in [4.78, 5) is 25.3. The average molecular weight is 478 g/mol. The molecule has 4 rings (SSSR count). The van der Waals surface area contributed by atoms with Crippen LogP contribution >= 0.6 is 0 Å². The van der Waals surface area contributed by atoms with Gasteiger partial charge < -0.3 is 25.6 Å². The van der Waals surface area contributed by atoms with Crippen molar-refractivity contribution in [3.63, 3.8) is 0 Å². The first-order valence-electron chi connectivity index (χ1n) is 10.7. The van der Waals surface area contributed by atoms with Crippen LogP contribution in [0.5, 0.6) is 5.75 Å². The summed E-state index contributed by atoms with van der Waals surface area (Å²) in [5.41, 5.74) is 8.30. The molecule has 1 atom stereocenters. The van der Waals surface area contributed by atoms with Crippen molar-refractivity contribution in [1.82, 2.24) is 24.5 Å². The number of rotatable bonds is 4. The summed E-state index contributed by atoms with van der Waals surface area (Å²) in [6.07, 6.45) is -2.34. The van der Waals surface area contributed by atoms with Gasteiger partial charge in [-0.25, -0.2) is 4.79 Å². The van der Waals surface area contributed by atoms with E-state index in [0.717, 1.165) is 12.0 Å². The average Bonchev–Trinajstić information content (AvgIpc) is 3.14. The number of alkyl halides is 3. The maximum atomic E-state index is 12.9. The number of hydrogen-bond donors (Lipinski definition) is 2. The number of carbonyl (C=O) groups excluding carboxylic acids is 1. The highest BCUT2D eigenvalue weighted by molar-refractivity contribution is 5.90.